The molecule has 1 aromatic carbocycles. The minimum Gasteiger partial charge on any atom is -0.348 e. The van der Waals surface area contributed by atoms with Gasteiger partial charge in [0.2, 0.25) is 0 Å². The number of H-pyrrole nitrogens is 2. The molecule has 21 heavy (non-hydrogen) atoms. The Hall–Kier alpha value is -2.89. The fourth-order valence-electron chi connectivity index (χ4n) is 2.55. The molecule has 4 aromatic rings. The van der Waals surface area contributed by atoms with E-state index < -0.39 is 0 Å². The fraction of sp³-hybridized carbons (Fsp3) is 0.133. The summed E-state index contributed by atoms with van der Waals surface area (Å²) in [7, 11) is 0. The first-order valence-corrected chi connectivity index (χ1v) is 6.73. The number of aromatic nitrogens is 6. The Labute approximate surface area is 120 Å². The first-order chi connectivity index (χ1) is 10.2. The highest BCUT2D eigenvalue weighted by Gasteiger charge is 2.13. The molecule has 0 bridgehead atoms. The van der Waals surface area contributed by atoms with Crippen LogP contribution in [0.3, 0.4) is 0 Å². The summed E-state index contributed by atoms with van der Waals surface area (Å²) >= 11 is 0. The number of nitrogens with zero attached hydrogens (tertiary/aromatic N) is 4. The van der Waals surface area contributed by atoms with E-state index in [1.807, 2.05) is 36.7 Å². The van der Waals surface area contributed by atoms with Gasteiger partial charge in [-0.25, -0.2) is 15.0 Å². The molecule has 0 spiro atoms. The summed E-state index contributed by atoms with van der Waals surface area (Å²) in [6, 6.07) is 6.12. The Morgan fingerprint density at radius 3 is 2.86 bits per heavy atom. The van der Waals surface area contributed by atoms with Crippen LogP contribution in [0.4, 0.5) is 0 Å². The Kier molecular flexibility index (Phi) is 2.44. The van der Waals surface area contributed by atoms with E-state index in [-0.39, 0.29) is 0 Å². The average Bonchev–Trinajstić information content (AvgIpc) is 3.15. The van der Waals surface area contributed by atoms with Crippen molar-refractivity contribution in [2.24, 2.45) is 0 Å². The number of imidazole rings is 3. The maximum Gasteiger partial charge on any atom is 0.165 e. The van der Waals surface area contributed by atoms with Crippen molar-refractivity contribution in [3.63, 3.8) is 0 Å². The van der Waals surface area contributed by atoms with Gasteiger partial charge in [-0.3, -0.25) is 4.57 Å². The maximum atomic E-state index is 4.44. The van der Waals surface area contributed by atoms with Crippen LogP contribution in [0.15, 0.2) is 36.9 Å². The third-order valence-electron chi connectivity index (χ3n) is 3.54. The first-order valence-electron chi connectivity index (χ1n) is 6.73. The molecule has 0 amide bonds. The van der Waals surface area contributed by atoms with Gasteiger partial charge in [-0.15, -0.1) is 0 Å². The molecule has 6 heteroatoms. The number of nitrogens with one attached hydrogen (secondary N) is 2. The first kappa shape index (κ1) is 11.9. The van der Waals surface area contributed by atoms with Crippen LogP contribution in [-0.4, -0.2) is 29.5 Å². The van der Waals surface area contributed by atoms with E-state index in [4.69, 9.17) is 0 Å². The molecule has 104 valence electrons. The zero-order valence-corrected chi connectivity index (χ0v) is 11.8. The summed E-state index contributed by atoms with van der Waals surface area (Å²) < 4.78 is 2.03. The largest absolute Gasteiger partial charge is 0.348 e. The molecule has 0 fully saturated rings. The lowest BCUT2D eigenvalue weighted by Crippen LogP contribution is -1.97. The molecule has 0 unspecified atom stereocenters. The molecule has 3 aromatic heterocycles. The highest BCUT2D eigenvalue weighted by Crippen LogP contribution is 2.23. The lowest BCUT2D eigenvalue weighted by molar-refractivity contribution is 1.05. The molecule has 2 N–H and O–H groups in total. The normalized spacial score (nSPS) is 11.3. The Morgan fingerprint density at radius 2 is 2.05 bits per heavy atom. The van der Waals surface area contributed by atoms with Crippen LogP contribution in [-0.2, 0) is 0 Å². The minimum absolute atomic E-state index is 0.823. The van der Waals surface area contributed by atoms with Gasteiger partial charge < -0.3 is 9.97 Å². The van der Waals surface area contributed by atoms with Crippen molar-refractivity contribution in [1.82, 2.24) is 29.5 Å². The number of hydrogen-bond donors (Lipinski definition) is 2. The highest BCUT2D eigenvalue weighted by atomic mass is 15.1. The number of aryl methyl sites for hydroxylation is 2. The maximum absolute atomic E-state index is 4.44. The van der Waals surface area contributed by atoms with Crippen molar-refractivity contribution < 1.29 is 0 Å². The molecule has 3 heterocycles. The molecule has 0 saturated carbocycles. The van der Waals surface area contributed by atoms with Crippen LogP contribution in [0.1, 0.15) is 11.5 Å². The topological polar surface area (TPSA) is 75.2 Å². The fourth-order valence-corrected chi connectivity index (χ4v) is 2.55. The van der Waals surface area contributed by atoms with E-state index in [0.717, 1.165) is 39.8 Å². The van der Waals surface area contributed by atoms with Crippen LogP contribution in [0, 0.1) is 13.8 Å². The van der Waals surface area contributed by atoms with Gasteiger partial charge in [0.05, 0.1) is 17.4 Å². The van der Waals surface area contributed by atoms with Gasteiger partial charge in [0, 0.05) is 23.8 Å². The van der Waals surface area contributed by atoms with E-state index in [0.29, 0.717) is 0 Å². The number of benzene rings is 1. The van der Waals surface area contributed by atoms with Gasteiger partial charge in [0.25, 0.3) is 0 Å². The molecule has 0 atom stereocenters. The third kappa shape index (κ3) is 1.84. The SMILES string of the molecule is Cc1nc2ccc(-n3ccnc3-c3nc[nH]c3C)cc2[nH]1. The van der Waals surface area contributed by atoms with Crippen molar-refractivity contribution >= 4 is 11.0 Å². The molecular weight excluding hydrogens is 264 g/mol. The lowest BCUT2D eigenvalue weighted by Gasteiger charge is -2.07. The van der Waals surface area contributed by atoms with Crippen molar-refractivity contribution in [2.75, 3.05) is 0 Å². The third-order valence-corrected chi connectivity index (χ3v) is 3.54. The van der Waals surface area contributed by atoms with Crippen LogP contribution in [0.2, 0.25) is 0 Å². The van der Waals surface area contributed by atoms with Crippen LogP contribution in [0.5, 0.6) is 0 Å². The van der Waals surface area contributed by atoms with Crippen LogP contribution >= 0.6 is 0 Å². The summed E-state index contributed by atoms with van der Waals surface area (Å²) in [6.45, 7) is 3.94. The molecule has 0 aliphatic carbocycles. The van der Waals surface area contributed by atoms with Gasteiger partial charge in [-0.05, 0) is 32.0 Å². The monoisotopic (exact) mass is 278 g/mol. The molecule has 0 radical (unpaired) electrons. The second-order valence-electron chi connectivity index (χ2n) is 5.02. The second-order valence-corrected chi connectivity index (χ2v) is 5.02. The Balaban J connectivity index is 1.89. The second kappa shape index (κ2) is 4.31. The highest BCUT2D eigenvalue weighted by molar-refractivity contribution is 5.78. The Morgan fingerprint density at radius 1 is 1.14 bits per heavy atom. The average molecular weight is 278 g/mol. The zero-order valence-electron chi connectivity index (χ0n) is 11.8. The van der Waals surface area contributed by atoms with E-state index in [1.165, 1.54) is 0 Å². The quantitative estimate of drug-likeness (QED) is 0.592. The van der Waals surface area contributed by atoms with E-state index in [9.17, 15) is 0 Å². The van der Waals surface area contributed by atoms with Crippen LogP contribution < -0.4 is 0 Å². The van der Waals surface area contributed by atoms with Crippen molar-refractivity contribution in [2.45, 2.75) is 13.8 Å². The summed E-state index contributed by atoms with van der Waals surface area (Å²) in [5.74, 6) is 1.74. The van der Waals surface area contributed by atoms with Crippen molar-refractivity contribution in [3.8, 4) is 17.2 Å². The molecule has 6 nitrogen and oxygen atoms in total. The zero-order chi connectivity index (χ0) is 14.4. The van der Waals surface area contributed by atoms with E-state index >= 15 is 0 Å². The molecule has 0 saturated heterocycles. The van der Waals surface area contributed by atoms with Gasteiger partial charge in [0.1, 0.15) is 11.5 Å². The predicted octanol–water partition coefficient (Wildman–Crippen LogP) is 2.76. The van der Waals surface area contributed by atoms with Crippen molar-refractivity contribution in [1.29, 1.82) is 0 Å². The predicted molar refractivity (Wildman–Crippen MR) is 80.3 cm³/mol. The van der Waals surface area contributed by atoms with Gasteiger partial charge in [-0.1, -0.05) is 0 Å². The molecule has 0 aliphatic heterocycles. The molecular formula is C15H14N6. The van der Waals surface area contributed by atoms with E-state index in [1.54, 1.807) is 12.5 Å². The standard InChI is InChI=1S/C15H14N6/c1-9-14(18-8-17-9)15-16-5-6-21(15)11-3-4-12-13(7-11)20-10(2)19-12/h3-8H,1-2H3,(H,17,18)(H,19,20). The molecule has 0 aliphatic rings. The Bertz CT molecular complexity index is 927. The summed E-state index contributed by atoms with van der Waals surface area (Å²) in [4.78, 5) is 19.6. The minimum atomic E-state index is 0.823. The lowest BCUT2D eigenvalue weighted by atomic mass is 10.2. The number of hydrogen-bond acceptors (Lipinski definition) is 3. The summed E-state index contributed by atoms with van der Waals surface area (Å²) in [5.41, 5.74) is 4.88. The van der Waals surface area contributed by atoms with E-state index in [2.05, 4.69) is 31.0 Å². The van der Waals surface area contributed by atoms with Crippen molar-refractivity contribution in [3.05, 3.63) is 48.4 Å². The number of rotatable bonds is 2. The van der Waals surface area contributed by atoms with Gasteiger partial charge in [-0.2, -0.15) is 0 Å². The molecule has 4 rings (SSSR count). The van der Waals surface area contributed by atoms with Gasteiger partial charge in [0.15, 0.2) is 5.82 Å². The number of aromatic amines is 2. The van der Waals surface area contributed by atoms with Crippen LogP contribution in [0.25, 0.3) is 28.2 Å². The smallest absolute Gasteiger partial charge is 0.165 e. The van der Waals surface area contributed by atoms with Gasteiger partial charge >= 0.3 is 0 Å². The summed E-state index contributed by atoms with van der Waals surface area (Å²) in [6.07, 6.45) is 5.41. The summed E-state index contributed by atoms with van der Waals surface area (Å²) in [5, 5.41) is 0. The number of fused-ring (bicyclic) bond motifs is 1.